The Balaban J connectivity index is 0. The molecule has 0 aliphatic carbocycles. The van der Waals surface area contributed by atoms with Crippen LogP contribution in [0.3, 0.4) is 0 Å². The molecule has 0 aromatic carbocycles. The lowest BCUT2D eigenvalue weighted by Crippen LogP contribution is -3.00. The molecule has 0 aromatic rings. The number of ether oxygens (including phenoxy) is 1. The van der Waals surface area contributed by atoms with E-state index in [9.17, 15) is 4.79 Å². The molecular weight excluding hydrogens is 353 g/mol. The lowest BCUT2D eigenvalue weighted by molar-refractivity contribution is -0.923. The molecule has 0 radical (unpaired) electrons. The molecule has 0 aromatic heterocycles. The summed E-state index contributed by atoms with van der Waals surface area (Å²) in [4.78, 5) is 12.0. The summed E-state index contributed by atoms with van der Waals surface area (Å²) in [6.45, 7) is 19.4. The van der Waals surface area contributed by atoms with Gasteiger partial charge < -0.3 is 33.2 Å². The quantitative estimate of drug-likeness (QED) is 0.337. The Morgan fingerprint density at radius 2 is 1.53 bits per heavy atom. The monoisotopic (exact) mass is 385 g/mol. The molecule has 0 saturated carbocycles. The molecule has 116 valence electrons. The largest absolute Gasteiger partial charge is 1.00 e. The maximum atomic E-state index is 12.0. The molecule has 0 aliphatic heterocycles. The number of quaternary nitrogens is 1. The average Bonchev–Trinajstić information content (AvgIpc) is 2.34. The van der Waals surface area contributed by atoms with Crippen molar-refractivity contribution < 1.29 is 38.0 Å². The van der Waals surface area contributed by atoms with Crippen molar-refractivity contribution in [1.82, 2.24) is 0 Å². The highest BCUT2D eigenvalue weighted by Gasteiger charge is 2.33. The fraction of sp³-hybridized carbons (Fsp3) is 0.933. The van der Waals surface area contributed by atoms with Crippen LogP contribution in [0.2, 0.25) is 0 Å². The Morgan fingerprint density at radius 3 is 1.84 bits per heavy atom. The number of halogens is 1. The first-order valence-corrected chi connectivity index (χ1v) is 7.28. The van der Waals surface area contributed by atoms with Crippen molar-refractivity contribution in [3.05, 3.63) is 0 Å². The van der Waals surface area contributed by atoms with Crippen LogP contribution in [0, 0.1) is 11.3 Å². The average molecular weight is 385 g/mol. The molecular formula is C15H32INO2. The van der Waals surface area contributed by atoms with Crippen LogP contribution in [0.4, 0.5) is 0 Å². The van der Waals surface area contributed by atoms with Gasteiger partial charge in [0.25, 0.3) is 0 Å². The van der Waals surface area contributed by atoms with Gasteiger partial charge in [0.1, 0.15) is 13.2 Å². The topological polar surface area (TPSA) is 26.3 Å². The summed E-state index contributed by atoms with van der Waals surface area (Å²) >= 11 is 0. The number of nitrogens with zero attached hydrogens (tertiary/aromatic N) is 1. The molecule has 0 heterocycles. The van der Waals surface area contributed by atoms with E-state index in [1.807, 2.05) is 13.8 Å². The minimum atomic E-state index is -0.389. The SMILES string of the molecule is CC[N+](CC)(CC)CCOC(=O)C(C)(C)C(C)C.[I-]. The second kappa shape index (κ2) is 9.16. The third-order valence-electron chi connectivity index (χ3n) is 4.78. The summed E-state index contributed by atoms with van der Waals surface area (Å²) in [6.07, 6.45) is 0. The number of hydrogen-bond donors (Lipinski definition) is 0. The van der Waals surface area contributed by atoms with Gasteiger partial charge in [-0.05, 0) is 40.5 Å². The predicted molar refractivity (Wildman–Crippen MR) is 76.3 cm³/mol. The van der Waals surface area contributed by atoms with Gasteiger partial charge in [0.15, 0.2) is 0 Å². The van der Waals surface area contributed by atoms with E-state index in [1.165, 1.54) is 0 Å². The van der Waals surface area contributed by atoms with E-state index >= 15 is 0 Å². The number of carbonyl (C=O) groups is 1. The number of carbonyl (C=O) groups excluding carboxylic acids is 1. The van der Waals surface area contributed by atoms with E-state index in [0.717, 1.165) is 30.7 Å². The smallest absolute Gasteiger partial charge is 0.311 e. The van der Waals surface area contributed by atoms with Gasteiger partial charge in [0, 0.05) is 0 Å². The number of esters is 1. The van der Waals surface area contributed by atoms with Gasteiger partial charge >= 0.3 is 5.97 Å². The third kappa shape index (κ3) is 5.98. The van der Waals surface area contributed by atoms with Gasteiger partial charge in [-0.25, -0.2) is 0 Å². The third-order valence-corrected chi connectivity index (χ3v) is 4.78. The highest BCUT2D eigenvalue weighted by molar-refractivity contribution is 5.76. The van der Waals surface area contributed by atoms with Crippen LogP contribution in [-0.4, -0.2) is 43.2 Å². The van der Waals surface area contributed by atoms with Gasteiger partial charge in [0.05, 0.1) is 25.0 Å². The maximum Gasteiger partial charge on any atom is 0.311 e. The molecule has 19 heavy (non-hydrogen) atoms. The molecule has 0 spiro atoms. The van der Waals surface area contributed by atoms with Crippen molar-refractivity contribution in [3.63, 3.8) is 0 Å². The Morgan fingerprint density at radius 1 is 1.11 bits per heavy atom. The van der Waals surface area contributed by atoms with E-state index in [1.54, 1.807) is 0 Å². The zero-order valence-electron chi connectivity index (χ0n) is 13.8. The second-order valence-electron chi connectivity index (χ2n) is 6.03. The first-order valence-electron chi connectivity index (χ1n) is 7.28. The van der Waals surface area contributed by atoms with Crippen molar-refractivity contribution in [3.8, 4) is 0 Å². The van der Waals surface area contributed by atoms with Gasteiger partial charge in [-0.15, -0.1) is 0 Å². The molecule has 0 bridgehead atoms. The first kappa shape index (κ1) is 21.5. The van der Waals surface area contributed by atoms with Gasteiger partial charge in [-0.2, -0.15) is 0 Å². The van der Waals surface area contributed by atoms with Crippen LogP contribution in [0.1, 0.15) is 48.5 Å². The minimum absolute atomic E-state index is 0. The summed E-state index contributed by atoms with van der Waals surface area (Å²) in [5.74, 6) is 0.228. The van der Waals surface area contributed by atoms with Crippen LogP contribution in [0.15, 0.2) is 0 Å². The molecule has 0 unspecified atom stereocenters. The second-order valence-corrected chi connectivity index (χ2v) is 6.03. The lowest BCUT2D eigenvalue weighted by Gasteiger charge is -2.36. The van der Waals surface area contributed by atoms with Gasteiger partial charge in [-0.1, -0.05) is 13.8 Å². The molecule has 0 aliphatic rings. The van der Waals surface area contributed by atoms with Crippen LogP contribution >= 0.6 is 0 Å². The van der Waals surface area contributed by atoms with Gasteiger partial charge in [-0.3, -0.25) is 4.79 Å². The van der Waals surface area contributed by atoms with Crippen LogP contribution in [-0.2, 0) is 9.53 Å². The highest BCUT2D eigenvalue weighted by atomic mass is 127. The van der Waals surface area contributed by atoms with Crippen molar-refractivity contribution in [2.75, 3.05) is 32.8 Å². The fourth-order valence-electron chi connectivity index (χ4n) is 1.90. The molecule has 3 nitrogen and oxygen atoms in total. The number of rotatable bonds is 8. The molecule has 4 heteroatoms. The summed E-state index contributed by atoms with van der Waals surface area (Å²) in [5.41, 5.74) is -0.389. The van der Waals surface area contributed by atoms with Crippen LogP contribution < -0.4 is 24.0 Å². The lowest BCUT2D eigenvalue weighted by atomic mass is 9.81. The molecule has 0 saturated heterocycles. The summed E-state index contributed by atoms with van der Waals surface area (Å²) < 4.78 is 6.50. The van der Waals surface area contributed by atoms with Crippen molar-refractivity contribution in [2.45, 2.75) is 48.5 Å². The van der Waals surface area contributed by atoms with Crippen LogP contribution in [0.25, 0.3) is 0 Å². The van der Waals surface area contributed by atoms with E-state index < -0.39 is 0 Å². The zero-order valence-corrected chi connectivity index (χ0v) is 15.9. The molecule has 0 fully saturated rings. The highest BCUT2D eigenvalue weighted by Crippen LogP contribution is 2.27. The Labute approximate surface area is 136 Å². The van der Waals surface area contributed by atoms with Crippen molar-refractivity contribution >= 4 is 5.97 Å². The van der Waals surface area contributed by atoms with Crippen molar-refractivity contribution in [1.29, 1.82) is 0 Å². The maximum absolute atomic E-state index is 12.0. The fourth-order valence-corrected chi connectivity index (χ4v) is 1.90. The Bertz CT molecular complexity index is 253. The first-order chi connectivity index (χ1) is 8.25. The molecule has 0 amide bonds. The van der Waals surface area contributed by atoms with Crippen molar-refractivity contribution in [2.24, 2.45) is 11.3 Å². The van der Waals surface area contributed by atoms with E-state index in [4.69, 9.17) is 4.74 Å². The molecule has 0 atom stereocenters. The summed E-state index contributed by atoms with van der Waals surface area (Å²) in [6, 6.07) is 0. The normalized spacial score (nSPS) is 12.2. The molecule has 0 rings (SSSR count). The molecule has 0 N–H and O–H groups in total. The zero-order chi connectivity index (χ0) is 14.4. The Hall–Kier alpha value is 0.160. The van der Waals surface area contributed by atoms with E-state index in [0.29, 0.717) is 12.5 Å². The standard InChI is InChI=1S/C15H32NO2.HI/c1-8-16(9-2,10-3)11-12-18-14(17)15(6,7)13(4)5;/h13H,8-12H2,1-7H3;1H/q+1;/p-1. The minimum Gasteiger partial charge on any atom is -1.00 e. The van der Waals surface area contributed by atoms with E-state index in [2.05, 4.69) is 34.6 Å². The number of hydrogen-bond acceptors (Lipinski definition) is 2. The van der Waals surface area contributed by atoms with E-state index in [-0.39, 0.29) is 35.4 Å². The number of likely N-dealkylation sites (N-methyl/N-ethyl adjacent to an activating group) is 1. The Kier molecular flexibility index (Phi) is 10.3. The van der Waals surface area contributed by atoms with Gasteiger partial charge in [0.2, 0.25) is 0 Å². The summed E-state index contributed by atoms with van der Waals surface area (Å²) in [7, 11) is 0. The predicted octanol–water partition coefficient (Wildman–Crippen LogP) is 0.0923. The summed E-state index contributed by atoms with van der Waals surface area (Å²) in [5, 5.41) is 0. The van der Waals surface area contributed by atoms with Crippen LogP contribution in [0.5, 0.6) is 0 Å².